The number of H-pyrrole nitrogens is 1. The molecule has 4 rings (SSSR count). The van der Waals surface area contributed by atoms with Gasteiger partial charge in [-0.2, -0.15) is 8.83 Å². The summed E-state index contributed by atoms with van der Waals surface area (Å²) in [5, 5.41) is 0. The average molecular weight is 533 g/mol. The van der Waals surface area contributed by atoms with Crippen LogP contribution in [0.5, 0.6) is 5.75 Å². The zero-order valence-electron chi connectivity index (χ0n) is 16.7. The summed E-state index contributed by atoms with van der Waals surface area (Å²) in [7, 11) is -6.29. The highest BCUT2D eigenvalue weighted by Crippen LogP contribution is 2.83. The van der Waals surface area contributed by atoms with Crippen LogP contribution >= 0.6 is 23.5 Å². The Balaban J connectivity index is 1.58. The summed E-state index contributed by atoms with van der Waals surface area (Å²) in [4.78, 5) is 45.1. The lowest BCUT2D eigenvalue weighted by Crippen LogP contribution is -2.37. The molecule has 3 aliphatic heterocycles. The van der Waals surface area contributed by atoms with E-state index in [1.54, 1.807) is 0 Å². The topological polar surface area (TPSA) is 213 Å². The molecule has 3 fully saturated rings. The predicted molar refractivity (Wildman–Crippen MR) is 104 cm³/mol. The van der Waals surface area contributed by atoms with Gasteiger partial charge in [-0.15, -0.1) is 0 Å². The standard InChI is InChI=1S/C12H17BN2O15P3/c1-22-5-3-15(11(17)14-9(5)16)10-8-7(26-12(23-2)27-8)6(25-10)4-24-31(13)28-32(18,19)30-33(20,21)29-31/h3,6-8,10,12H,4H2,1-2H3,(H,18,19)(H,20,21)(H,14,16,17)/q+1/t6-,7?,8+,10-,12?/m1/s1. The Labute approximate surface area is 185 Å². The molecular weight excluding hydrogens is 516 g/mol. The van der Waals surface area contributed by atoms with Gasteiger partial charge in [-0.1, -0.05) is 8.62 Å². The number of nitrogens with zero attached hydrogens (tertiary/aromatic N) is 1. The van der Waals surface area contributed by atoms with Gasteiger partial charge >= 0.3 is 36.7 Å². The third-order valence-electron chi connectivity index (χ3n) is 4.50. The third kappa shape index (κ3) is 5.18. The molecule has 1 aromatic rings. The molecule has 33 heavy (non-hydrogen) atoms. The van der Waals surface area contributed by atoms with Crippen LogP contribution in [0.2, 0.25) is 0 Å². The van der Waals surface area contributed by atoms with Crippen molar-refractivity contribution in [1.29, 1.82) is 0 Å². The molecule has 17 nitrogen and oxygen atoms in total. The Morgan fingerprint density at radius 1 is 1.15 bits per heavy atom. The highest BCUT2D eigenvalue weighted by molar-refractivity contribution is 7.94. The first kappa shape index (κ1) is 25.1. The van der Waals surface area contributed by atoms with E-state index in [1.165, 1.54) is 14.2 Å². The van der Waals surface area contributed by atoms with Gasteiger partial charge in [-0.3, -0.25) is 24.1 Å². The second kappa shape index (κ2) is 8.92. The van der Waals surface area contributed by atoms with Crippen molar-refractivity contribution < 1.29 is 60.1 Å². The van der Waals surface area contributed by atoms with Crippen LogP contribution in [-0.4, -0.2) is 72.5 Å². The second-order valence-electron chi connectivity index (χ2n) is 6.67. The van der Waals surface area contributed by atoms with Gasteiger partial charge in [-0.05, 0) is 0 Å². The van der Waals surface area contributed by atoms with Gasteiger partial charge in [0.15, 0.2) is 6.23 Å². The molecule has 21 heteroatoms. The lowest BCUT2D eigenvalue weighted by Gasteiger charge is -2.28. The highest BCUT2D eigenvalue weighted by Gasteiger charge is 2.63. The van der Waals surface area contributed by atoms with Gasteiger partial charge in [0.1, 0.15) is 24.9 Å². The Hall–Kier alpha value is -0.965. The van der Waals surface area contributed by atoms with Crippen LogP contribution < -0.4 is 16.0 Å². The number of methoxy groups -OCH3 is 2. The smallest absolute Gasteiger partial charge is 0.490 e. The van der Waals surface area contributed by atoms with Crippen molar-refractivity contribution in [3.05, 3.63) is 27.0 Å². The van der Waals surface area contributed by atoms with Crippen LogP contribution in [0.1, 0.15) is 6.23 Å². The molecule has 3 aliphatic rings. The molecule has 2 radical (unpaired) electrons. The summed E-state index contributed by atoms with van der Waals surface area (Å²) in [5.74, 6) is -0.190. The first-order chi connectivity index (χ1) is 15.4. The number of ether oxygens (including phenoxy) is 5. The molecule has 0 amide bonds. The molecule has 7 atom stereocenters. The number of hydrogen-bond donors (Lipinski definition) is 3. The zero-order valence-corrected chi connectivity index (χ0v) is 19.4. The largest absolute Gasteiger partial charge is 0.518 e. The Kier molecular flexibility index (Phi) is 6.79. The summed E-state index contributed by atoms with van der Waals surface area (Å²) in [6.45, 7) is -1.72. The van der Waals surface area contributed by atoms with Crippen LogP contribution in [0.3, 0.4) is 0 Å². The summed E-state index contributed by atoms with van der Waals surface area (Å²) < 4.78 is 69.4. The minimum Gasteiger partial charge on any atom is -0.490 e. The maximum atomic E-state index is 12.4. The van der Waals surface area contributed by atoms with E-state index in [9.17, 15) is 28.5 Å². The first-order valence-electron chi connectivity index (χ1n) is 8.86. The van der Waals surface area contributed by atoms with Gasteiger partial charge in [0.2, 0.25) is 5.75 Å². The second-order valence-corrected chi connectivity index (χ2v) is 11.8. The van der Waals surface area contributed by atoms with E-state index in [4.69, 9.17) is 35.8 Å². The van der Waals surface area contributed by atoms with E-state index in [1.807, 2.05) is 0 Å². The number of phosphoric acid groups is 2. The molecular formula is C12H17BN2O15P3+. The number of fused-ring (bicyclic) bond motifs is 1. The molecule has 0 aromatic carbocycles. The van der Waals surface area contributed by atoms with Crippen molar-refractivity contribution in [3.63, 3.8) is 0 Å². The highest BCUT2D eigenvalue weighted by atomic mass is 31.3. The van der Waals surface area contributed by atoms with E-state index >= 15 is 0 Å². The molecule has 3 N–H and O–H groups in total. The van der Waals surface area contributed by atoms with E-state index < -0.39 is 72.3 Å². The van der Waals surface area contributed by atoms with Crippen molar-refractivity contribution >= 4 is 31.0 Å². The average Bonchev–Trinajstić information content (AvgIpc) is 3.23. The first-order valence-corrected chi connectivity index (χ1v) is 13.5. The number of nitrogens with one attached hydrogen (secondary N) is 1. The van der Waals surface area contributed by atoms with E-state index in [0.717, 1.165) is 10.8 Å². The molecule has 1 aromatic heterocycles. The Morgan fingerprint density at radius 3 is 2.39 bits per heavy atom. The number of aromatic amines is 1. The van der Waals surface area contributed by atoms with Crippen molar-refractivity contribution in [3.8, 4) is 5.75 Å². The van der Waals surface area contributed by atoms with Crippen LogP contribution in [0, 0.1) is 0 Å². The van der Waals surface area contributed by atoms with Gasteiger partial charge in [-0.25, -0.2) is 13.9 Å². The van der Waals surface area contributed by atoms with Crippen LogP contribution in [0.4, 0.5) is 0 Å². The molecule has 0 aliphatic carbocycles. The third-order valence-corrected chi connectivity index (χ3v) is 10.1. The van der Waals surface area contributed by atoms with Gasteiger partial charge in [0, 0.05) is 7.11 Å². The SMILES string of the molecule is [B][P+]1(OC[C@H]2O[C@@H](n3cc(OC)c(=O)[nH]c3=O)[C@H]3OC(OC)OC23)OP(=O)(O)OP(=O)(O)O1. The van der Waals surface area contributed by atoms with Crippen LogP contribution in [0.25, 0.3) is 0 Å². The molecule has 4 heterocycles. The maximum Gasteiger partial charge on any atom is 0.518 e. The van der Waals surface area contributed by atoms with E-state index in [0.29, 0.717) is 0 Å². The lowest BCUT2D eigenvalue weighted by molar-refractivity contribution is -0.256. The minimum absolute atomic E-state index is 0.190. The fourth-order valence-corrected chi connectivity index (χ4v) is 8.50. The normalized spacial score (nSPS) is 42.8. The van der Waals surface area contributed by atoms with Gasteiger partial charge in [0.25, 0.3) is 12.0 Å². The summed E-state index contributed by atoms with van der Waals surface area (Å²) in [5.41, 5.74) is -1.62. The molecule has 0 bridgehead atoms. The molecule has 182 valence electrons. The van der Waals surface area contributed by atoms with E-state index in [-0.39, 0.29) is 5.75 Å². The molecule has 0 saturated carbocycles. The summed E-state index contributed by atoms with van der Waals surface area (Å²) in [6.07, 6.45) is -3.08. The zero-order chi connectivity index (χ0) is 24.2. The van der Waals surface area contributed by atoms with Crippen molar-refractivity contribution in [2.24, 2.45) is 0 Å². The van der Waals surface area contributed by atoms with Crippen LogP contribution in [-0.2, 0) is 45.5 Å². The number of hydrogen-bond acceptors (Lipinski definition) is 13. The Bertz CT molecular complexity index is 1100. The van der Waals surface area contributed by atoms with Crippen molar-refractivity contribution in [2.75, 3.05) is 20.8 Å². The quantitative estimate of drug-likeness (QED) is 0.304. The number of aromatic nitrogens is 2. The van der Waals surface area contributed by atoms with Crippen molar-refractivity contribution in [2.45, 2.75) is 31.0 Å². The molecule has 3 saturated heterocycles. The van der Waals surface area contributed by atoms with Crippen LogP contribution in [0.15, 0.2) is 15.8 Å². The molecule has 0 spiro atoms. The summed E-state index contributed by atoms with van der Waals surface area (Å²) >= 11 is 0. The minimum atomic E-state index is -5.06. The van der Waals surface area contributed by atoms with Gasteiger partial charge < -0.3 is 23.7 Å². The predicted octanol–water partition coefficient (Wildman–Crippen LogP) is -0.716. The number of rotatable bonds is 6. The fourth-order valence-electron chi connectivity index (χ4n) is 3.26. The molecule has 4 unspecified atom stereocenters. The maximum absolute atomic E-state index is 12.4. The van der Waals surface area contributed by atoms with Gasteiger partial charge in [0.05, 0.1) is 13.3 Å². The Morgan fingerprint density at radius 2 is 1.79 bits per heavy atom. The monoisotopic (exact) mass is 533 g/mol. The van der Waals surface area contributed by atoms with Crippen molar-refractivity contribution in [1.82, 2.24) is 9.55 Å². The lowest BCUT2D eigenvalue weighted by atomic mass is 10.1. The fraction of sp³-hybridized carbons (Fsp3) is 0.667. The summed E-state index contributed by atoms with van der Waals surface area (Å²) in [6, 6.07) is 0. The van der Waals surface area contributed by atoms with E-state index in [2.05, 4.69) is 17.9 Å².